The Bertz CT molecular complexity index is 842. The predicted molar refractivity (Wildman–Crippen MR) is 120 cm³/mol. The lowest BCUT2D eigenvalue weighted by Gasteiger charge is -2.39. The number of carbonyl (C=O) groups is 2. The molecule has 2 aromatic carbocycles. The van der Waals surface area contributed by atoms with Gasteiger partial charge in [-0.25, -0.2) is 9.18 Å². The normalized spacial score (nSPS) is 18.5. The standard InChI is InChI=1S/C25H32FN3O2/c1-2-3-16-28-25(31)29-18-21(11-14-23(29)20-9-12-22(26)13-10-20)24(30)27-17-15-19-7-5-4-6-8-19/h4-10,12-13,21,23H,2-3,11,14-18H2,1H3,(H,27,30)(H,28,31)/t21-,23+/m1/s1. The van der Waals surface area contributed by atoms with Crippen molar-refractivity contribution in [1.82, 2.24) is 15.5 Å². The summed E-state index contributed by atoms with van der Waals surface area (Å²) in [5, 5.41) is 6.00. The molecule has 0 radical (unpaired) electrons. The highest BCUT2D eigenvalue weighted by molar-refractivity contribution is 5.81. The van der Waals surface area contributed by atoms with E-state index in [1.165, 1.54) is 17.7 Å². The Labute approximate surface area is 184 Å². The first kappa shape index (κ1) is 22.8. The maximum Gasteiger partial charge on any atom is 0.317 e. The molecule has 2 atom stereocenters. The van der Waals surface area contributed by atoms with Crippen molar-refractivity contribution in [2.24, 2.45) is 5.92 Å². The quantitative estimate of drug-likeness (QED) is 0.614. The van der Waals surface area contributed by atoms with Gasteiger partial charge in [0.05, 0.1) is 12.0 Å². The molecule has 1 heterocycles. The number of urea groups is 1. The summed E-state index contributed by atoms with van der Waals surface area (Å²) in [5.41, 5.74) is 2.08. The fraction of sp³-hybridized carbons (Fsp3) is 0.440. The van der Waals surface area contributed by atoms with Crippen LogP contribution in [0, 0.1) is 11.7 Å². The highest BCUT2D eigenvalue weighted by Gasteiger charge is 2.35. The predicted octanol–water partition coefficient (Wildman–Crippen LogP) is 4.45. The molecule has 0 unspecified atom stereocenters. The second-order valence-electron chi connectivity index (χ2n) is 8.11. The van der Waals surface area contributed by atoms with Crippen LogP contribution in [0.3, 0.4) is 0 Å². The fourth-order valence-corrected chi connectivity index (χ4v) is 4.03. The Hall–Kier alpha value is -2.89. The van der Waals surface area contributed by atoms with Crippen LogP contribution in [-0.4, -0.2) is 36.5 Å². The first-order valence-corrected chi connectivity index (χ1v) is 11.2. The van der Waals surface area contributed by atoms with E-state index in [0.717, 1.165) is 24.8 Å². The highest BCUT2D eigenvalue weighted by Crippen LogP contribution is 2.33. The minimum Gasteiger partial charge on any atom is -0.355 e. The van der Waals surface area contributed by atoms with Crippen LogP contribution in [-0.2, 0) is 11.2 Å². The summed E-state index contributed by atoms with van der Waals surface area (Å²) in [7, 11) is 0. The Balaban J connectivity index is 1.62. The van der Waals surface area contributed by atoms with E-state index in [9.17, 15) is 14.0 Å². The number of hydrogen-bond acceptors (Lipinski definition) is 2. The molecule has 6 heteroatoms. The van der Waals surface area contributed by atoms with Crippen molar-refractivity contribution in [3.63, 3.8) is 0 Å². The molecule has 0 aromatic heterocycles. The number of amides is 3. The van der Waals surface area contributed by atoms with Crippen LogP contribution >= 0.6 is 0 Å². The van der Waals surface area contributed by atoms with E-state index >= 15 is 0 Å². The van der Waals surface area contributed by atoms with Crippen molar-refractivity contribution in [1.29, 1.82) is 0 Å². The molecule has 1 aliphatic rings. The molecule has 5 nitrogen and oxygen atoms in total. The lowest BCUT2D eigenvalue weighted by atomic mass is 9.88. The molecule has 1 saturated heterocycles. The van der Waals surface area contributed by atoms with Crippen LogP contribution in [0.1, 0.15) is 49.8 Å². The number of hydrogen-bond donors (Lipinski definition) is 2. The van der Waals surface area contributed by atoms with Crippen molar-refractivity contribution in [2.45, 2.75) is 45.1 Å². The largest absolute Gasteiger partial charge is 0.355 e. The van der Waals surface area contributed by atoms with Gasteiger partial charge >= 0.3 is 6.03 Å². The molecule has 2 aromatic rings. The maximum atomic E-state index is 13.4. The molecule has 0 bridgehead atoms. The number of halogens is 1. The van der Waals surface area contributed by atoms with E-state index in [1.54, 1.807) is 17.0 Å². The Kier molecular flexibility index (Phi) is 8.44. The summed E-state index contributed by atoms with van der Waals surface area (Å²) in [6, 6.07) is 16.0. The van der Waals surface area contributed by atoms with Gasteiger partial charge < -0.3 is 15.5 Å². The minimum atomic E-state index is -0.297. The summed E-state index contributed by atoms with van der Waals surface area (Å²) in [4.78, 5) is 27.4. The summed E-state index contributed by atoms with van der Waals surface area (Å²) in [5.74, 6) is -0.557. The van der Waals surface area contributed by atoms with E-state index in [4.69, 9.17) is 0 Å². The fourth-order valence-electron chi connectivity index (χ4n) is 4.03. The van der Waals surface area contributed by atoms with Gasteiger partial charge in [0.1, 0.15) is 5.82 Å². The zero-order chi connectivity index (χ0) is 22.1. The SMILES string of the molecule is CCCCNC(=O)N1C[C@H](C(=O)NCCc2ccccc2)CC[C@H]1c1ccc(F)cc1. The summed E-state index contributed by atoms with van der Waals surface area (Å²) < 4.78 is 13.4. The van der Waals surface area contributed by atoms with Gasteiger partial charge in [0.15, 0.2) is 0 Å². The van der Waals surface area contributed by atoms with E-state index in [1.807, 2.05) is 30.3 Å². The minimum absolute atomic E-state index is 0.0140. The Morgan fingerprint density at radius 2 is 1.74 bits per heavy atom. The van der Waals surface area contributed by atoms with Gasteiger partial charge in [0, 0.05) is 19.6 Å². The zero-order valence-corrected chi connectivity index (χ0v) is 18.1. The lowest BCUT2D eigenvalue weighted by molar-refractivity contribution is -0.126. The molecular formula is C25H32FN3O2. The van der Waals surface area contributed by atoms with Crippen LogP contribution in [0.25, 0.3) is 0 Å². The number of nitrogens with one attached hydrogen (secondary N) is 2. The third-order valence-electron chi connectivity index (χ3n) is 5.83. The number of benzene rings is 2. The monoisotopic (exact) mass is 425 g/mol. The topological polar surface area (TPSA) is 61.4 Å². The molecule has 31 heavy (non-hydrogen) atoms. The lowest BCUT2D eigenvalue weighted by Crippen LogP contribution is -2.50. The van der Waals surface area contributed by atoms with Gasteiger partial charge in [-0.3, -0.25) is 4.79 Å². The van der Waals surface area contributed by atoms with Gasteiger partial charge in [0.2, 0.25) is 5.91 Å². The van der Waals surface area contributed by atoms with Crippen molar-refractivity contribution in [3.8, 4) is 0 Å². The molecule has 3 amide bonds. The van der Waals surface area contributed by atoms with Crippen LogP contribution < -0.4 is 10.6 Å². The molecule has 166 valence electrons. The van der Waals surface area contributed by atoms with Gasteiger partial charge in [-0.1, -0.05) is 55.8 Å². The smallest absolute Gasteiger partial charge is 0.317 e. The van der Waals surface area contributed by atoms with Crippen molar-refractivity contribution >= 4 is 11.9 Å². The van der Waals surface area contributed by atoms with E-state index in [2.05, 4.69) is 17.6 Å². The molecule has 3 rings (SSSR count). The van der Waals surface area contributed by atoms with Crippen LogP contribution in [0.5, 0.6) is 0 Å². The van der Waals surface area contributed by atoms with Gasteiger partial charge in [-0.05, 0) is 48.9 Å². The van der Waals surface area contributed by atoms with Gasteiger partial charge in [-0.2, -0.15) is 0 Å². The van der Waals surface area contributed by atoms with Crippen molar-refractivity contribution < 1.29 is 14.0 Å². The van der Waals surface area contributed by atoms with E-state index in [0.29, 0.717) is 32.5 Å². The molecule has 1 fully saturated rings. The second-order valence-corrected chi connectivity index (χ2v) is 8.11. The third-order valence-corrected chi connectivity index (χ3v) is 5.83. The number of piperidine rings is 1. The zero-order valence-electron chi connectivity index (χ0n) is 18.1. The summed E-state index contributed by atoms with van der Waals surface area (Å²) >= 11 is 0. The molecular weight excluding hydrogens is 393 g/mol. The van der Waals surface area contributed by atoms with Crippen LogP contribution in [0.4, 0.5) is 9.18 Å². The van der Waals surface area contributed by atoms with Crippen molar-refractivity contribution in [3.05, 3.63) is 71.5 Å². The third kappa shape index (κ3) is 6.54. The van der Waals surface area contributed by atoms with E-state index in [-0.39, 0.29) is 29.7 Å². The number of likely N-dealkylation sites (tertiary alicyclic amines) is 1. The Morgan fingerprint density at radius 3 is 2.45 bits per heavy atom. The average molecular weight is 426 g/mol. The average Bonchev–Trinajstić information content (AvgIpc) is 2.80. The Morgan fingerprint density at radius 1 is 1.00 bits per heavy atom. The van der Waals surface area contributed by atoms with E-state index < -0.39 is 0 Å². The van der Waals surface area contributed by atoms with Gasteiger partial charge in [0.25, 0.3) is 0 Å². The summed E-state index contributed by atoms with van der Waals surface area (Å²) in [6.45, 7) is 3.61. The molecule has 0 aliphatic carbocycles. The molecule has 1 aliphatic heterocycles. The van der Waals surface area contributed by atoms with Gasteiger partial charge in [-0.15, -0.1) is 0 Å². The highest BCUT2D eigenvalue weighted by atomic mass is 19.1. The van der Waals surface area contributed by atoms with Crippen LogP contribution in [0.2, 0.25) is 0 Å². The number of nitrogens with zero attached hydrogens (tertiary/aromatic N) is 1. The maximum absolute atomic E-state index is 13.4. The molecule has 0 saturated carbocycles. The molecule has 2 N–H and O–H groups in total. The number of rotatable bonds is 8. The first-order chi connectivity index (χ1) is 15.1. The summed E-state index contributed by atoms with van der Waals surface area (Å²) in [6.07, 6.45) is 4.04. The number of carbonyl (C=O) groups excluding carboxylic acids is 2. The first-order valence-electron chi connectivity index (χ1n) is 11.2. The number of unbranched alkanes of at least 4 members (excludes halogenated alkanes) is 1. The second kappa shape index (κ2) is 11.5. The molecule has 0 spiro atoms. The van der Waals surface area contributed by atoms with Crippen molar-refractivity contribution in [2.75, 3.05) is 19.6 Å². The van der Waals surface area contributed by atoms with Crippen LogP contribution in [0.15, 0.2) is 54.6 Å².